The number of piperidine rings is 1. The second kappa shape index (κ2) is 16.9. The molecule has 43 heavy (non-hydrogen) atoms. The number of aliphatic hydroxyl groups excluding tert-OH is 1. The average molecular weight is 622 g/mol. The van der Waals surface area contributed by atoms with Gasteiger partial charge < -0.3 is 10.0 Å². The van der Waals surface area contributed by atoms with Gasteiger partial charge in [-0.1, -0.05) is 61.5 Å². The first-order valence-electron chi connectivity index (χ1n) is 16.1. The molecule has 2 aromatic rings. The molecule has 5 nitrogen and oxygen atoms in total. The molecule has 0 atom stereocenters. The molecule has 1 saturated heterocycles. The number of rotatable bonds is 15. The van der Waals surface area contributed by atoms with Gasteiger partial charge >= 0.3 is 0 Å². The van der Waals surface area contributed by atoms with Crippen molar-refractivity contribution in [2.24, 2.45) is 0 Å². The summed E-state index contributed by atoms with van der Waals surface area (Å²) in [6.07, 6.45) is 17.0. The van der Waals surface area contributed by atoms with Crippen molar-refractivity contribution in [1.82, 2.24) is 9.21 Å². The Kier molecular flexibility index (Phi) is 13.3. The summed E-state index contributed by atoms with van der Waals surface area (Å²) in [5.74, 6) is 0.649. The number of nitrogens with one attached hydrogen (secondary N) is 1. The molecule has 2 N–H and O–H groups in total. The predicted molar refractivity (Wildman–Crippen MR) is 188 cm³/mol. The van der Waals surface area contributed by atoms with Crippen LogP contribution in [-0.2, 0) is 4.28 Å². The number of hydrogen-bond donors (Lipinski definition) is 2. The van der Waals surface area contributed by atoms with E-state index in [4.69, 9.17) is 4.28 Å². The molecule has 7 heteroatoms. The molecular weight excluding hydrogens is 571 g/mol. The molecule has 2 saturated carbocycles. The SMILES string of the molecule is C\C=C/C(=C\CC)C(/CCCO)=C(/c1ccc(NOSN(C)C2CC2)cc1)c1ccc(C2CCN(C3CC3)CC2)cc1.S. The second-order valence-electron chi connectivity index (χ2n) is 12.0. The fraction of sp³-hybridized carbons (Fsp3) is 0.500. The smallest absolute Gasteiger partial charge is 0.112 e. The van der Waals surface area contributed by atoms with Crippen molar-refractivity contribution in [1.29, 1.82) is 0 Å². The van der Waals surface area contributed by atoms with Crippen LogP contribution in [0.4, 0.5) is 5.69 Å². The number of aliphatic hydroxyl groups is 1. The standard InChI is InChI=1S/C36H49N3O2S.H2S/c1-4-7-29(8-5-2)35(9-6-26-40)36(31-14-16-32(17-15-31)37-41-42-38(3)33-18-19-33)30-12-10-27(11-13-30)28-22-24-39(25-23-28)34-20-21-34;/h4,7-8,10-17,28,33-34,37,40H,5-6,9,18-26H2,1-3H3;1H2/b7-4-,29-8+,36-35+;. The van der Waals surface area contributed by atoms with E-state index in [9.17, 15) is 5.11 Å². The van der Waals surface area contributed by atoms with E-state index < -0.39 is 0 Å². The summed E-state index contributed by atoms with van der Waals surface area (Å²) in [7, 11) is 2.08. The largest absolute Gasteiger partial charge is 0.396 e. The maximum Gasteiger partial charge on any atom is 0.112 e. The molecule has 3 fully saturated rings. The quantitative estimate of drug-likeness (QED) is 0.0899. The Morgan fingerprint density at radius 3 is 2.21 bits per heavy atom. The summed E-state index contributed by atoms with van der Waals surface area (Å²) < 4.78 is 7.86. The van der Waals surface area contributed by atoms with Crippen LogP contribution in [0.25, 0.3) is 5.57 Å². The summed E-state index contributed by atoms with van der Waals surface area (Å²) >= 11 is 1.37. The third-order valence-electron chi connectivity index (χ3n) is 8.82. The minimum Gasteiger partial charge on any atom is -0.396 e. The van der Waals surface area contributed by atoms with Gasteiger partial charge in [0.05, 0.1) is 5.69 Å². The maximum absolute atomic E-state index is 9.82. The minimum absolute atomic E-state index is 0. The maximum atomic E-state index is 9.82. The minimum atomic E-state index is 0. The number of nitrogens with zero attached hydrogens (tertiary/aromatic N) is 2. The fourth-order valence-corrected chi connectivity index (χ4v) is 6.75. The summed E-state index contributed by atoms with van der Waals surface area (Å²) in [6, 6.07) is 19.5. The van der Waals surface area contributed by atoms with Crippen LogP contribution in [0, 0.1) is 0 Å². The number of hydrogen-bond acceptors (Lipinski definition) is 6. The molecule has 2 aliphatic carbocycles. The van der Waals surface area contributed by atoms with Gasteiger partial charge in [0.1, 0.15) is 12.2 Å². The molecule has 234 valence electrons. The Bertz CT molecular complexity index is 1230. The second-order valence-corrected chi connectivity index (χ2v) is 12.9. The van der Waals surface area contributed by atoms with Crippen molar-refractivity contribution in [2.45, 2.75) is 89.6 Å². The molecule has 0 radical (unpaired) electrons. The molecule has 0 unspecified atom stereocenters. The predicted octanol–water partition coefficient (Wildman–Crippen LogP) is 8.63. The summed E-state index contributed by atoms with van der Waals surface area (Å²) in [4.78, 5) is 2.70. The number of allylic oxidation sites excluding steroid dienone is 5. The van der Waals surface area contributed by atoms with Crippen molar-refractivity contribution in [3.63, 3.8) is 0 Å². The molecule has 0 spiro atoms. The van der Waals surface area contributed by atoms with Crippen LogP contribution in [-0.4, -0.2) is 53.1 Å². The van der Waals surface area contributed by atoms with Gasteiger partial charge in [0.2, 0.25) is 0 Å². The van der Waals surface area contributed by atoms with Gasteiger partial charge in [-0.05, 0) is 136 Å². The molecule has 1 aliphatic heterocycles. The van der Waals surface area contributed by atoms with Crippen LogP contribution < -0.4 is 5.48 Å². The average Bonchev–Trinajstić information content (AvgIpc) is 3.94. The Hall–Kier alpha value is -2.00. The summed E-state index contributed by atoms with van der Waals surface area (Å²) in [6.45, 7) is 6.92. The van der Waals surface area contributed by atoms with E-state index in [1.807, 2.05) is 0 Å². The third-order valence-corrected chi connectivity index (χ3v) is 9.51. The van der Waals surface area contributed by atoms with Crippen LogP contribution in [0.3, 0.4) is 0 Å². The Labute approximate surface area is 271 Å². The molecule has 0 aromatic heterocycles. The van der Waals surface area contributed by atoms with E-state index >= 15 is 0 Å². The first-order valence-corrected chi connectivity index (χ1v) is 16.8. The summed E-state index contributed by atoms with van der Waals surface area (Å²) in [5, 5.41) is 9.82. The third kappa shape index (κ3) is 9.49. The van der Waals surface area contributed by atoms with Gasteiger partial charge in [0, 0.05) is 18.7 Å². The highest BCUT2D eigenvalue weighted by Gasteiger charge is 2.32. The van der Waals surface area contributed by atoms with Gasteiger partial charge in [-0.2, -0.15) is 17.8 Å². The Morgan fingerprint density at radius 2 is 1.65 bits per heavy atom. The molecule has 0 amide bonds. The Balaban J connectivity index is 0.00000423. The first-order chi connectivity index (χ1) is 20.6. The number of anilines is 1. The van der Waals surface area contributed by atoms with Crippen LogP contribution in [0.5, 0.6) is 0 Å². The lowest BCUT2D eigenvalue weighted by atomic mass is 9.84. The topological polar surface area (TPSA) is 48.0 Å². The normalized spacial score (nSPS) is 19.0. The fourth-order valence-electron chi connectivity index (χ4n) is 6.16. The molecular formula is C36H51N3O2S2. The van der Waals surface area contributed by atoms with Gasteiger partial charge in [-0.25, -0.2) is 4.31 Å². The number of likely N-dealkylation sites (tertiary alicyclic amines) is 1. The first kappa shape index (κ1) is 33.9. The van der Waals surface area contributed by atoms with Crippen LogP contribution in [0.1, 0.15) is 94.2 Å². The van der Waals surface area contributed by atoms with Crippen LogP contribution >= 0.6 is 25.7 Å². The van der Waals surface area contributed by atoms with Crippen molar-refractivity contribution >= 4 is 37.0 Å². The van der Waals surface area contributed by atoms with E-state index in [-0.39, 0.29) is 20.1 Å². The molecule has 1 heterocycles. The monoisotopic (exact) mass is 621 g/mol. The lowest BCUT2D eigenvalue weighted by molar-refractivity contribution is 0.203. The Morgan fingerprint density at radius 1 is 1.00 bits per heavy atom. The number of benzene rings is 2. The van der Waals surface area contributed by atoms with Crippen molar-refractivity contribution in [2.75, 3.05) is 32.2 Å². The van der Waals surface area contributed by atoms with Gasteiger partial charge in [0.25, 0.3) is 0 Å². The molecule has 0 bridgehead atoms. The molecule has 3 aliphatic rings. The van der Waals surface area contributed by atoms with Gasteiger partial charge in [-0.3, -0.25) is 5.48 Å². The van der Waals surface area contributed by atoms with E-state index in [0.717, 1.165) is 31.0 Å². The molecule has 2 aromatic carbocycles. The zero-order valence-corrected chi connectivity index (χ0v) is 28.0. The summed E-state index contributed by atoms with van der Waals surface area (Å²) in [5.41, 5.74) is 11.7. The highest BCUT2D eigenvalue weighted by molar-refractivity contribution is 7.92. The highest BCUT2D eigenvalue weighted by atomic mass is 32.2. The van der Waals surface area contributed by atoms with Gasteiger partial charge in [0.15, 0.2) is 0 Å². The lowest BCUT2D eigenvalue weighted by Crippen LogP contribution is -2.34. The van der Waals surface area contributed by atoms with E-state index in [1.54, 1.807) is 0 Å². The van der Waals surface area contributed by atoms with E-state index in [2.05, 4.69) is 102 Å². The van der Waals surface area contributed by atoms with Gasteiger partial charge in [-0.15, -0.1) is 0 Å². The van der Waals surface area contributed by atoms with E-state index in [0.29, 0.717) is 12.0 Å². The van der Waals surface area contributed by atoms with Crippen LogP contribution in [0.15, 0.2) is 77.9 Å². The highest BCUT2D eigenvalue weighted by Crippen LogP contribution is 2.38. The van der Waals surface area contributed by atoms with Crippen molar-refractivity contribution < 1.29 is 9.39 Å². The zero-order valence-electron chi connectivity index (χ0n) is 26.2. The van der Waals surface area contributed by atoms with Crippen molar-refractivity contribution in [3.05, 3.63) is 94.6 Å². The molecule has 5 rings (SSSR count). The zero-order chi connectivity index (χ0) is 29.3. The van der Waals surface area contributed by atoms with Crippen molar-refractivity contribution in [3.8, 4) is 0 Å². The lowest BCUT2D eigenvalue weighted by Gasteiger charge is -2.32. The van der Waals surface area contributed by atoms with Crippen LogP contribution in [0.2, 0.25) is 0 Å². The van der Waals surface area contributed by atoms with E-state index in [1.165, 1.54) is 97.3 Å².